The average Bonchev–Trinajstić information content (AvgIpc) is 3.88. The second-order valence-corrected chi connectivity index (χ2v) is 12.6. The van der Waals surface area contributed by atoms with Crippen molar-refractivity contribution in [2.75, 3.05) is 39.3 Å². The van der Waals surface area contributed by atoms with Crippen molar-refractivity contribution in [2.24, 2.45) is 17.8 Å². The fraction of sp³-hybridized carbons (Fsp3) is 0.750. The van der Waals surface area contributed by atoms with Crippen LogP contribution in [0.3, 0.4) is 0 Å². The molecule has 11 nitrogen and oxygen atoms in total. The molecule has 0 saturated carbocycles. The Kier molecular flexibility index (Phi) is 23.0. The summed E-state index contributed by atoms with van der Waals surface area (Å²) in [4.78, 5) is 61.4. The van der Waals surface area contributed by atoms with Gasteiger partial charge in [0.25, 0.3) is 0 Å². The summed E-state index contributed by atoms with van der Waals surface area (Å²) in [6, 6.07) is 0. The molecule has 4 aliphatic rings. The van der Waals surface area contributed by atoms with Gasteiger partial charge in [-0.15, -0.1) is 0 Å². The summed E-state index contributed by atoms with van der Waals surface area (Å²) in [6.07, 6.45) is 12.1. The second-order valence-electron chi connectivity index (χ2n) is 12.6. The zero-order valence-corrected chi connectivity index (χ0v) is 31.6. The Morgan fingerprint density at radius 1 is 0.583 bits per heavy atom. The summed E-state index contributed by atoms with van der Waals surface area (Å²) in [7, 11) is 0. The maximum absolute atomic E-state index is 12.4. The topological polar surface area (TPSA) is 164 Å². The quantitative estimate of drug-likeness (QED) is 0.114. The first-order valence-electron chi connectivity index (χ1n) is 17.8. The van der Waals surface area contributed by atoms with Crippen LogP contribution in [0.15, 0.2) is 23.2 Å². The Bertz CT molecular complexity index is 1030. The molecule has 0 aromatic carbocycles. The fourth-order valence-electron chi connectivity index (χ4n) is 5.09. The Hall–Kier alpha value is -2.75. The molecule has 3 aliphatic heterocycles. The molecule has 3 saturated heterocycles. The average molecular weight is 764 g/mol. The number of unbranched alkanes of at least 4 members (excludes halogenated alkanes) is 3. The van der Waals surface area contributed by atoms with Gasteiger partial charge in [0, 0.05) is 63.3 Å². The monoisotopic (exact) mass is 763 g/mol. The molecular weight excluding hydrogens is 705 g/mol. The standard InChI is InChI=1S/C12H13N3O2.3C8H16O2.Rh/c16-9-7-8(13-1-2-13)12(17)11(15-5-6-15)10(9)14-3-4-14;3*1-3-5-6-7(4-2)8(9)10;/h7H,1-6H2;3*7H,3-6H2,1-2H3,(H,9,10);/q;;;;+3/p-3. The van der Waals surface area contributed by atoms with Crippen LogP contribution in [-0.2, 0) is 43.5 Å². The number of carboxylic acid groups (broad SMARTS) is 3. The Morgan fingerprint density at radius 3 is 1.15 bits per heavy atom. The van der Waals surface area contributed by atoms with Crippen molar-refractivity contribution < 1.29 is 58.8 Å². The molecule has 3 atom stereocenters. The molecule has 12 heteroatoms. The van der Waals surface area contributed by atoms with Gasteiger partial charge in [-0.3, -0.25) is 9.59 Å². The van der Waals surface area contributed by atoms with E-state index in [2.05, 4.69) is 20.8 Å². The molecule has 0 N–H and O–H groups in total. The number of carboxylic acids is 3. The maximum Gasteiger partial charge on any atom is 3.00 e. The van der Waals surface area contributed by atoms with E-state index in [1.54, 1.807) is 0 Å². The van der Waals surface area contributed by atoms with E-state index in [0.717, 1.165) is 97.1 Å². The molecule has 0 spiro atoms. The van der Waals surface area contributed by atoms with Crippen LogP contribution in [0.1, 0.15) is 119 Å². The number of allylic oxidation sites excluding steroid dienone is 1. The van der Waals surface area contributed by atoms with Gasteiger partial charge in [-0.2, -0.15) is 0 Å². The summed E-state index contributed by atoms with van der Waals surface area (Å²) in [6.45, 7) is 17.2. The predicted octanol–water partition coefficient (Wildman–Crippen LogP) is 2.04. The minimum atomic E-state index is -0.893. The van der Waals surface area contributed by atoms with Crippen LogP contribution in [0.5, 0.6) is 0 Å². The molecule has 1 aliphatic carbocycles. The van der Waals surface area contributed by atoms with E-state index in [4.69, 9.17) is 0 Å². The second kappa shape index (κ2) is 24.4. The van der Waals surface area contributed by atoms with Crippen molar-refractivity contribution in [1.29, 1.82) is 0 Å². The van der Waals surface area contributed by atoms with Crippen LogP contribution in [0.25, 0.3) is 0 Å². The van der Waals surface area contributed by atoms with E-state index in [9.17, 15) is 39.3 Å². The largest absolute Gasteiger partial charge is 3.00 e. The number of hydrogen-bond acceptors (Lipinski definition) is 11. The van der Waals surface area contributed by atoms with Gasteiger partial charge in [0.05, 0.1) is 5.70 Å². The number of rotatable bonds is 18. The summed E-state index contributed by atoms with van der Waals surface area (Å²) < 4.78 is 0. The third-order valence-corrected chi connectivity index (χ3v) is 8.68. The summed E-state index contributed by atoms with van der Waals surface area (Å²) in [5, 5.41) is 31.0. The van der Waals surface area contributed by atoms with Crippen LogP contribution in [-0.4, -0.2) is 83.4 Å². The molecule has 48 heavy (non-hydrogen) atoms. The van der Waals surface area contributed by atoms with Gasteiger partial charge in [0.2, 0.25) is 11.6 Å². The van der Waals surface area contributed by atoms with E-state index in [1.807, 2.05) is 35.5 Å². The van der Waals surface area contributed by atoms with Gasteiger partial charge in [-0.1, -0.05) is 80.1 Å². The number of carbonyl (C=O) groups excluding carboxylic acids is 5. The molecule has 0 amide bonds. The Morgan fingerprint density at radius 2 is 0.896 bits per heavy atom. The summed E-state index contributed by atoms with van der Waals surface area (Å²) in [5.74, 6) is -3.30. The van der Waals surface area contributed by atoms with Crippen LogP contribution >= 0.6 is 0 Å². The smallest absolute Gasteiger partial charge is 0.550 e. The molecule has 0 aromatic heterocycles. The number of ketones is 2. The third kappa shape index (κ3) is 16.6. The van der Waals surface area contributed by atoms with Gasteiger partial charge in [0.1, 0.15) is 11.4 Å². The SMILES string of the molecule is CCCCC(CC)C(=O)[O-].CCCCC(CC)C(=O)[O-].CCCCC(CC)C(=O)[O-].O=C1C=C(N2CC2)C(=O)C(N2CC2)=C1N1CC1.[Rh+3]. The van der Waals surface area contributed by atoms with Gasteiger partial charge >= 0.3 is 19.5 Å². The summed E-state index contributed by atoms with van der Waals surface area (Å²) >= 11 is 0. The first-order valence-corrected chi connectivity index (χ1v) is 17.8. The number of nitrogens with zero attached hydrogens (tertiary/aromatic N) is 3. The van der Waals surface area contributed by atoms with Crippen LogP contribution in [0.2, 0.25) is 0 Å². The van der Waals surface area contributed by atoms with Crippen molar-refractivity contribution in [3.8, 4) is 0 Å². The Balaban J connectivity index is 0.000000637. The van der Waals surface area contributed by atoms with Crippen molar-refractivity contribution >= 4 is 29.5 Å². The van der Waals surface area contributed by atoms with Gasteiger partial charge in [-0.05, 0) is 56.3 Å². The first kappa shape index (κ1) is 45.3. The molecular formula is C36H58N3O8Rh. The van der Waals surface area contributed by atoms with Crippen molar-refractivity contribution in [1.82, 2.24) is 14.7 Å². The molecule has 3 heterocycles. The molecule has 3 unspecified atom stereocenters. The number of carbonyl (C=O) groups is 5. The van der Waals surface area contributed by atoms with E-state index in [0.29, 0.717) is 36.4 Å². The molecule has 274 valence electrons. The third-order valence-electron chi connectivity index (χ3n) is 8.68. The van der Waals surface area contributed by atoms with Gasteiger partial charge < -0.3 is 44.4 Å². The minimum absolute atomic E-state index is 0. The fourth-order valence-corrected chi connectivity index (χ4v) is 5.09. The zero-order chi connectivity index (χ0) is 35.5. The van der Waals surface area contributed by atoms with Crippen LogP contribution < -0.4 is 15.3 Å². The zero-order valence-electron chi connectivity index (χ0n) is 30.0. The number of aliphatic carboxylic acids is 3. The van der Waals surface area contributed by atoms with Gasteiger partial charge in [0.15, 0.2) is 0 Å². The van der Waals surface area contributed by atoms with Crippen molar-refractivity contribution in [3.63, 3.8) is 0 Å². The first-order chi connectivity index (χ1) is 22.4. The molecule has 0 radical (unpaired) electrons. The summed E-state index contributed by atoms with van der Waals surface area (Å²) in [5.41, 5.74) is 1.89. The predicted molar refractivity (Wildman–Crippen MR) is 175 cm³/mol. The van der Waals surface area contributed by atoms with E-state index in [-0.39, 0.29) is 48.8 Å². The van der Waals surface area contributed by atoms with E-state index < -0.39 is 17.9 Å². The van der Waals surface area contributed by atoms with Gasteiger partial charge in [-0.25, -0.2) is 0 Å². The minimum Gasteiger partial charge on any atom is -0.550 e. The van der Waals surface area contributed by atoms with Crippen LogP contribution in [0.4, 0.5) is 0 Å². The number of Topliss-reactive ketones (excluding diaryl/α,β-unsaturated/α-hetero) is 1. The van der Waals surface area contributed by atoms with E-state index >= 15 is 0 Å². The van der Waals surface area contributed by atoms with Crippen molar-refractivity contribution in [2.45, 2.75) is 119 Å². The van der Waals surface area contributed by atoms with Crippen LogP contribution in [0, 0.1) is 17.8 Å². The number of hydrogen-bond donors (Lipinski definition) is 0. The van der Waals surface area contributed by atoms with E-state index in [1.165, 1.54) is 6.08 Å². The van der Waals surface area contributed by atoms with Crippen molar-refractivity contribution in [3.05, 3.63) is 23.2 Å². The molecule has 3 fully saturated rings. The maximum atomic E-state index is 12.4. The normalized spacial score (nSPS) is 17.5. The molecule has 4 rings (SSSR count). The molecule has 0 aromatic rings. The Labute approximate surface area is 300 Å². The molecule has 0 bridgehead atoms.